The van der Waals surface area contributed by atoms with Crippen LogP contribution in [0.25, 0.3) is 0 Å². The first kappa shape index (κ1) is 14.0. The minimum Gasteiger partial charge on any atom is -0.213 e. The predicted molar refractivity (Wildman–Crippen MR) is 67.8 cm³/mol. The van der Waals surface area contributed by atoms with E-state index in [0.717, 1.165) is 19.3 Å². The molecule has 1 rings (SSSR count). The van der Waals surface area contributed by atoms with Gasteiger partial charge in [0.2, 0.25) is 10.0 Å². The molecule has 0 unspecified atom stereocenters. The highest BCUT2D eigenvalue weighted by molar-refractivity contribution is 7.88. The Morgan fingerprint density at radius 1 is 1.19 bits per heavy atom. The molecule has 1 heterocycles. The van der Waals surface area contributed by atoms with Crippen LogP contribution in [0.4, 0.5) is 0 Å². The molecule has 1 aliphatic rings. The summed E-state index contributed by atoms with van der Waals surface area (Å²) in [5.41, 5.74) is 0.626. The Hall–Kier alpha value is -0.0900. The van der Waals surface area contributed by atoms with Crippen molar-refractivity contribution in [2.75, 3.05) is 19.3 Å². The second-order valence-corrected chi connectivity index (χ2v) is 8.69. The molecule has 0 atom stereocenters. The van der Waals surface area contributed by atoms with Crippen molar-refractivity contribution in [1.29, 1.82) is 0 Å². The summed E-state index contributed by atoms with van der Waals surface area (Å²) in [5.74, 6) is 0. The van der Waals surface area contributed by atoms with E-state index in [1.807, 2.05) is 0 Å². The highest BCUT2D eigenvalue weighted by atomic mass is 32.2. The highest BCUT2D eigenvalue weighted by Gasteiger charge is 2.35. The molecule has 1 fully saturated rings. The van der Waals surface area contributed by atoms with Crippen molar-refractivity contribution in [2.45, 2.75) is 47.0 Å². The third kappa shape index (κ3) is 4.06. The van der Waals surface area contributed by atoms with Crippen LogP contribution in [0.15, 0.2) is 0 Å². The number of rotatable bonds is 2. The first-order chi connectivity index (χ1) is 7.02. The predicted octanol–water partition coefficient (Wildman–Crippen LogP) is 2.48. The van der Waals surface area contributed by atoms with Crippen LogP contribution in [0.5, 0.6) is 0 Å². The third-order valence-electron chi connectivity index (χ3n) is 3.36. The highest BCUT2D eigenvalue weighted by Crippen LogP contribution is 2.41. The van der Waals surface area contributed by atoms with E-state index in [1.165, 1.54) is 6.26 Å². The lowest BCUT2D eigenvalue weighted by Crippen LogP contribution is -2.42. The van der Waals surface area contributed by atoms with Gasteiger partial charge in [-0.3, -0.25) is 0 Å². The topological polar surface area (TPSA) is 37.4 Å². The molecule has 96 valence electrons. The second-order valence-electron chi connectivity index (χ2n) is 6.71. The zero-order valence-corrected chi connectivity index (χ0v) is 12.0. The zero-order valence-electron chi connectivity index (χ0n) is 11.2. The van der Waals surface area contributed by atoms with Crippen molar-refractivity contribution in [1.82, 2.24) is 4.31 Å². The van der Waals surface area contributed by atoms with Gasteiger partial charge < -0.3 is 0 Å². The Morgan fingerprint density at radius 2 is 1.62 bits per heavy atom. The van der Waals surface area contributed by atoms with Gasteiger partial charge in [0.15, 0.2) is 0 Å². The minimum absolute atomic E-state index is 0.305. The molecule has 0 N–H and O–H groups in total. The Labute approximate surface area is 100 Å². The first-order valence-electron chi connectivity index (χ1n) is 5.97. The Bertz CT molecular complexity index is 333. The lowest BCUT2D eigenvalue weighted by atomic mass is 9.70. The van der Waals surface area contributed by atoms with E-state index in [0.29, 0.717) is 23.9 Å². The molecular formula is C12H25NO2S. The summed E-state index contributed by atoms with van der Waals surface area (Å²) in [7, 11) is -2.99. The standard InChI is InChI=1S/C12H25NO2S/c1-11(2,3)10-12(4)6-8-13(9-7-12)16(5,14)15/h6-10H2,1-5H3. The molecule has 0 spiro atoms. The molecule has 0 aromatic rings. The lowest BCUT2D eigenvalue weighted by molar-refractivity contribution is 0.114. The summed E-state index contributed by atoms with van der Waals surface area (Å²) in [5, 5.41) is 0. The second kappa shape index (κ2) is 4.30. The van der Waals surface area contributed by atoms with Gasteiger partial charge in [0, 0.05) is 13.1 Å². The number of sulfonamides is 1. The quantitative estimate of drug-likeness (QED) is 0.752. The molecule has 1 aliphatic heterocycles. The van der Waals surface area contributed by atoms with Crippen LogP contribution >= 0.6 is 0 Å². The van der Waals surface area contributed by atoms with Gasteiger partial charge in [0.05, 0.1) is 6.26 Å². The van der Waals surface area contributed by atoms with Gasteiger partial charge in [-0.05, 0) is 30.1 Å². The van der Waals surface area contributed by atoms with Crippen molar-refractivity contribution in [3.05, 3.63) is 0 Å². The minimum atomic E-state index is -2.99. The fraction of sp³-hybridized carbons (Fsp3) is 1.00. The van der Waals surface area contributed by atoms with Crippen molar-refractivity contribution in [3.8, 4) is 0 Å². The molecule has 4 heteroatoms. The first-order valence-corrected chi connectivity index (χ1v) is 7.82. The zero-order chi connectivity index (χ0) is 12.6. The molecule has 0 amide bonds. The van der Waals surface area contributed by atoms with Crippen molar-refractivity contribution in [2.24, 2.45) is 10.8 Å². The molecule has 1 saturated heterocycles. The van der Waals surface area contributed by atoms with Gasteiger partial charge in [-0.15, -0.1) is 0 Å². The molecule has 0 aliphatic carbocycles. The molecule has 0 saturated carbocycles. The van der Waals surface area contributed by atoms with Crippen LogP contribution in [0.1, 0.15) is 47.0 Å². The van der Waals surface area contributed by atoms with Gasteiger partial charge in [-0.2, -0.15) is 0 Å². The van der Waals surface area contributed by atoms with Crippen LogP contribution in [-0.2, 0) is 10.0 Å². The Morgan fingerprint density at radius 3 is 1.94 bits per heavy atom. The summed E-state index contributed by atoms with van der Waals surface area (Å²) >= 11 is 0. The van der Waals surface area contributed by atoms with Gasteiger partial charge in [0.1, 0.15) is 0 Å². The average Bonchev–Trinajstić information content (AvgIpc) is 1.98. The maximum atomic E-state index is 11.4. The average molecular weight is 247 g/mol. The molecular weight excluding hydrogens is 222 g/mol. The maximum absolute atomic E-state index is 11.4. The van der Waals surface area contributed by atoms with E-state index in [-0.39, 0.29) is 0 Å². The van der Waals surface area contributed by atoms with E-state index in [1.54, 1.807) is 4.31 Å². The van der Waals surface area contributed by atoms with E-state index in [2.05, 4.69) is 27.7 Å². The third-order valence-corrected chi connectivity index (χ3v) is 4.66. The van der Waals surface area contributed by atoms with E-state index in [9.17, 15) is 8.42 Å². The summed E-state index contributed by atoms with van der Waals surface area (Å²) in [6, 6.07) is 0. The monoisotopic (exact) mass is 247 g/mol. The van der Waals surface area contributed by atoms with Crippen LogP contribution < -0.4 is 0 Å². The largest absolute Gasteiger partial charge is 0.213 e. The summed E-state index contributed by atoms with van der Waals surface area (Å²) in [4.78, 5) is 0. The SMILES string of the molecule is CC(C)(C)CC1(C)CCN(S(C)(=O)=O)CC1. The van der Waals surface area contributed by atoms with Crippen LogP contribution in [0.2, 0.25) is 0 Å². The normalized spacial score (nSPS) is 23.3. The Kier molecular flexibility index (Phi) is 3.75. The van der Waals surface area contributed by atoms with E-state index < -0.39 is 10.0 Å². The summed E-state index contributed by atoms with van der Waals surface area (Å²) < 4.78 is 24.4. The van der Waals surface area contributed by atoms with Gasteiger partial charge in [-0.25, -0.2) is 12.7 Å². The van der Waals surface area contributed by atoms with Crippen LogP contribution in [0, 0.1) is 10.8 Å². The summed E-state index contributed by atoms with van der Waals surface area (Å²) in [6.45, 7) is 10.4. The number of nitrogens with zero attached hydrogens (tertiary/aromatic N) is 1. The fourth-order valence-electron chi connectivity index (χ4n) is 2.81. The van der Waals surface area contributed by atoms with Gasteiger partial charge in [0.25, 0.3) is 0 Å². The van der Waals surface area contributed by atoms with Crippen molar-refractivity contribution >= 4 is 10.0 Å². The van der Waals surface area contributed by atoms with Crippen molar-refractivity contribution in [3.63, 3.8) is 0 Å². The number of hydrogen-bond acceptors (Lipinski definition) is 2. The number of hydrogen-bond donors (Lipinski definition) is 0. The fourth-order valence-corrected chi connectivity index (χ4v) is 3.66. The van der Waals surface area contributed by atoms with E-state index >= 15 is 0 Å². The molecule has 0 aromatic heterocycles. The van der Waals surface area contributed by atoms with Crippen molar-refractivity contribution < 1.29 is 8.42 Å². The van der Waals surface area contributed by atoms with Crippen LogP contribution in [-0.4, -0.2) is 32.1 Å². The molecule has 16 heavy (non-hydrogen) atoms. The van der Waals surface area contributed by atoms with Gasteiger partial charge in [-0.1, -0.05) is 27.7 Å². The smallest absolute Gasteiger partial charge is 0.211 e. The van der Waals surface area contributed by atoms with Gasteiger partial charge >= 0.3 is 0 Å². The molecule has 0 aromatic carbocycles. The van der Waals surface area contributed by atoms with E-state index in [4.69, 9.17) is 0 Å². The lowest BCUT2D eigenvalue weighted by Gasteiger charge is -2.41. The van der Waals surface area contributed by atoms with Crippen LogP contribution in [0.3, 0.4) is 0 Å². The summed E-state index contributed by atoms with van der Waals surface area (Å²) in [6.07, 6.45) is 4.44. The molecule has 0 bridgehead atoms. The number of piperidine rings is 1. The maximum Gasteiger partial charge on any atom is 0.211 e. The Balaban J connectivity index is 2.60. The molecule has 3 nitrogen and oxygen atoms in total. The molecule has 0 radical (unpaired) electrons.